The van der Waals surface area contributed by atoms with E-state index in [4.69, 9.17) is 4.74 Å². The van der Waals surface area contributed by atoms with Crippen molar-refractivity contribution in [1.82, 2.24) is 10.2 Å². The van der Waals surface area contributed by atoms with Crippen molar-refractivity contribution in [1.29, 1.82) is 0 Å². The lowest BCUT2D eigenvalue weighted by molar-refractivity contribution is -0.136. The number of anilines is 1. The van der Waals surface area contributed by atoms with E-state index < -0.39 is 23.8 Å². The quantitative estimate of drug-likeness (QED) is 0.777. The SMILES string of the molecule is CN(CC1(C)COC1)c1cccc2c1C(=O)N(C1CCC(=O)NC1=O)C2=O. The van der Waals surface area contributed by atoms with Crippen LogP contribution in [0.15, 0.2) is 18.2 Å². The lowest BCUT2D eigenvalue weighted by Crippen LogP contribution is -2.54. The fourth-order valence-electron chi connectivity index (χ4n) is 4.01. The van der Waals surface area contributed by atoms with Crippen molar-refractivity contribution in [2.45, 2.75) is 25.8 Å². The zero-order chi connectivity index (χ0) is 19.3. The molecule has 4 rings (SSSR count). The molecule has 3 aliphatic heterocycles. The topological polar surface area (TPSA) is 96.0 Å². The van der Waals surface area contributed by atoms with Gasteiger partial charge in [0.1, 0.15) is 6.04 Å². The molecule has 0 spiro atoms. The van der Waals surface area contributed by atoms with E-state index in [1.54, 1.807) is 18.2 Å². The first-order valence-electron chi connectivity index (χ1n) is 8.94. The molecule has 2 fully saturated rings. The van der Waals surface area contributed by atoms with Gasteiger partial charge in [-0.3, -0.25) is 29.4 Å². The molecule has 27 heavy (non-hydrogen) atoms. The zero-order valence-electron chi connectivity index (χ0n) is 15.3. The highest BCUT2D eigenvalue weighted by molar-refractivity contribution is 6.25. The van der Waals surface area contributed by atoms with Gasteiger partial charge >= 0.3 is 0 Å². The number of fused-ring (bicyclic) bond motifs is 1. The predicted molar refractivity (Wildman–Crippen MR) is 95.3 cm³/mol. The van der Waals surface area contributed by atoms with E-state index in [1.165, 1.54) is 0 Å². The van der Waals surface area contributed by atoms with Crippen LogP contribution >= 0.6 is 0 Å². The number of nitrogens with one attached hydrogen (secondary N) is 1. The van der Waals surface area contributed by atoms with Crippen LogP contribution in [0.5, 0.6) is 0 Å². The fraction of sp³-hybridized carbons (Fsp3) is 0.474. The van der Waals surface area contributed by atoms with Crippen molar-refractivity contribution in [2.24, 2.45) is 5.41 Å². The van der Waals surface area contributed by atoms with Crippen molar-refractivity contribution < 1.29 is 23.9 Å². The van der Waals surface area contributed by atoms with Crippen LogP contribution in [-0.2, 0) is 14.3 Å². The largest absolute Gasteiger partial charge is 0.380 e. The van der Waals surface area contributed by atoms with Gasteiger partial charge in [-0.05, 0) is 18.6 Å². The molecule has 1 N–H and O–H groups in total. The molecule has 1 aromatic carbocycles. The number of hydrogen-bond acceptors (Lipinski definition) is 6. The molecule has 8 heteroatoms. The van der Waals surface area contributed by atoms with E-state index in [9.17, 15) is 19.2 Å². The smallest absolute Gasteiger partial charge is 0.264 e. The number of imide groups is 2. The van der Waals surface area contributed by atoms with Crippen LogP contribution in [0.4, 0.5) is 5.69 Å². The van der Waals surface area contributed by atoms with Gasteiger partial charge in [0.05, 0.1) is 30.0 Å². The van der Waals surface area contributed by atoms with E-state index in [-0.39, 0.29) is 24.2 Å². The van der Waals surface area contributed by atoms with Gasteiger partial charge in [-0.2, -0.15) is 0 Å². The Balaban J connectivity index is 1.65. The minimum absolute atomic E-state index is 0.00639. The van der Waals surface area contributed by atoms with E-state index in [1.807, 2.05) is 11.9 Å². The van der Waals surface area contributed by atoms with Gasteiger partial charge in [-0.1, -0.05) is 13.0 Å². The van der Waals surface area contributed by atoms with Gasteiger partial charge in [0.25, 0.3) is 11.8 Å². The summed E-state index contributed by atoms with van der Waals surface area (Å²) in [7, 11) is 1.88. The average Bonchev–Trinajstić information content (AvgIpc) is 2.85. The Morgan fingerprint density at radius 1 is 1.22 bits per heavy atom. The number of carbonyl (C=O) groups excluding carboxylic acids is 4. The van der Waals surface area contributed by atoms with Gasteiger partial charge < -0.3 is 9.64 Å². The number of ether oxygens (including phenoxy) is 1. The molecule has 0 saturated carbocycles. The Hall–Kier alpha value is -2.74. The van der Waals surface area contributed by atoms with Gasteiger partial charge in [0, 0.05) is 25.4 Å². The normalized spacial score (nSPS) is 23.8. The summed E-state index contributed by atoms with van der Waals surface area (Å²) in [6, 6.07) is 4.20. The third-order valence-corrected chi connectivity index (χ3v) is 5.38. The van der Waals surface area contributed by atoms with Crippen LogP contribution in [0.25, 0.3) is 0 Å². The zero-order valence-corrected chi connectivity index (χ0v) is 15.3. The summed E-state index contributed by atoms with van der Waals surface area (Å²) in [5.41, 5.74) is 1.28. The van der Waals surface area contributed by atoms with Gasteiger partial charge in [-0.15, -0.1) is 0 Å². The molecule has 1 atom stereocenters. The standard InChI is InChI=1S/C19H21N3O5/c1-19(9-27-10-19)8-21(2)12-5-3-4-11-15(12)18(26)22(17(11)25)13-6-7-14(23)20-16(13)24/h3-5,13H,6-10H2,1-2H3,(H,20,23,24). The second-order valence-electron chi connectivity index (χ2n) is 7.81. The summed E-state index contributed by atoms with van der Waals surface area (Å²) in [6.45, 7) is 4.10. The molecule has 142 valence electrons. The third-order valence-electron chi connectivity index (χ3n) is 5.38. The van der Waals surface area contributed by atoms with Crippen LogP contribution in [0.1, 0.15) is 40.5 Å². The monoisotopic (exact) mass is 371 g/mol. The molecule has 0 bridgehead atoms. The molecule has 4 amide bonds. The molecular weight excluding hydrogens is 350 g/mol. The lowest BCUT2D eigenvalue weighted by atomic mass is 9.88. The van der Waals surface area contributed by atoms with Gasteiger partial charge in [0.2, 0.25) is 11.8 Å². The first kappa shape index (κ1) is 17.7. The predicted octanol–water partition coefficient (Wildman–Crippen LogP) is 0.561. The van der Waals surface area contributed by atoms with Crippen LogP contribution in [0.2, 0.25) is 0 Å². The van der Waals surface area contributed by atoms with Crippen LogP contribution in [0, 0.1) is 5.41 Å². The molecule has 8 nitrogen and oxygen atoms in total. The summed E-state index contributed by atoms with van der Waals surface area (Å²) in [4.78, 5) is 52.5. The van der Waals surface area contributed by atoms with Crippen molar-refractivity contribution in [3.63, 3.8) is 0 Å². The highest BCUT2D eigenvalue weighted by Crippen LogP contribution is 2.36. The summed E-state index contributed by atoms with van der Waals surface area (Å²) < 4.78 is 5.29. The fourth-order valence-corrected chi connectivity index (χ4v) is 4.01. The van der Waals surface area contributed by atoms with Crippen molar-refractivity contribution in [3.8, 4) is 0 Å². The summed E-state index contributed by atoms with van der Waals surface area (Å²) in [5, 5.41) is 2.21. The minimum atomic E-state index is -0.953. The Labute approximate surface area is 156 Å². The Kier molecular flexibility index (Phi) is 4.03. The summed E-state index contributed by atoms with van der Waals surface area (Å²) >= 11 is 0. The summed E-state index contributed by atoms with van der Waals surface area (Å²) in [6.07, 6.45) is 0.256. The molecule has 0 aromatic heterocycles. The molecule has 0 radical (unpaired) electrons. The molecule has 3 aliphatic rings. The summed E-state index contributed by atoms with van der Waals surface area (Å²) in [5.74, 6) is -1.96. The van der Waals surface area contributed by atoms with Crippen LogP contribution in [-0.4, -0.2) is 61.4 Å². The van der Waals surface area contributed by atoms with E-state index in [0.29, 0.717) is 36.6 Å². The number of rotatable bonds is 4. The average molecular weight is 371 g/mol. The van der Waals surface area contributed by atoms with Crippen LogP contribution in [0.3, 0.4) is 0 Å². The molecule has 1 aromatic rings. The second-order valence-corrected chi connectivity index (χ2v) is 7.81. The van der Waals surface area contributed by atoms with Gasteiger partial charge in [0.15, 0.2) is 0 Å². The van der Waals surface area contributed by atoms with Crippen LogP contribution < -0.4 is 10.2 Å². The first-order chi connectivity index (χ1) is 12.8. The third kappa shape index (κ3) is 2.80. The van der Waals surface area contributed by atoms with Crippen molar-refractivity contribution in [2.75, 3.05) is 31.7 Å². The van der Waals surface area contributed by atoms with E-state index in [0.717, 1.165) is 4.90 Å². The second kappa shape index (κ2) is 6.16. The number of benzene rings is 1. The lowest BCUT2D eigenvalue weighted by Gasteiger charge is -2.41. The number of hydrogen-bond donors (Lipinski definition) is 1. The maximum Gasteiger partial charge on any atom is 0.264 e. The van der Waals surface area contributed by atoms with Crippen molar-refractivity contribution in [3.05, 3.63) is 29.3 Å². The molecule has 3 heterocycles. The number of nitrogens with zero attached hydrogens (tertiary/aromatic N) is 2. The Morgan fingerprint density at radius 2 is 1.96 bits per heavy atom. The molecule has 2 saturated heterocycles. The van der Waals surface area contributed by atoms with E-state index >= 15 is 0 Å². The molecular formula is C19H21N3O5. The minimum Gasteiger partial charge on any atom is -0.380 e. The van der Waals surface area contributed by atoms with E-state index in [2.05, 4.69) is 12.2 Å². The Morgan fingerprint density at radius 3 is 2.59 bits per heavy atom. The highest BCUT2D eigenvalue weighted by atomic mass is 16.5. The Bertz CT molecular complexity index is 861. The first-order valence-corrected chi connectivity index (χ1v) is 8.94. The molecule has 0 aliphatic carbocycles. The maximum absolute atomic E-state index is 13.1. The highest BCUT2D eigenvalue weighted by Gasteiger charge is 2.46. The van der Waals surface area contributed by atoms with Gasteiger partial charge in [-0.25, -0.2) is 0 Å². The molecule has 1 unspecified atom stereocenters. The number of amides is 4. The number of piperidine rings is 1. The number of carbonyl (C=O) groups is 4. The van der Waals surface area contributed by atoms with Crippen molar-refractivity contribution >= 4 is 29.3 Å². The maximum atomic E-state index is 13.1.